The fraction of sp³-hybridized carbons (Fsp3) is 0.450. The van der Waals surface area contributed by atoms with Crippen molar-refractivity contribution in [3.05, 3.63) is 30.2 Å². The lowest BCUT2D eigenvalue weighted by molar-refractivity contribution is -0.119. The minimum atomic E-state index is -0.459. The number of halogens is 1. The third-order valence-electron chi connectivity index (χ3n) is 5.45. The molecular formula is C20H24FN5O2. The van der Waals surface area contributed by atoms with Crippen molar-refractivity contribution >= 4 is 16.8 Å². The van der Waals surface area contributed by atoms with Crippen molar-refractivity contribution < 1.29 is 13.9 Å². The Labute approximate surface area is 162 Å². The van der Waals surface area contributed by atoms with E-state index in [1.54, 1.807) is 10.9 Å². The summed E-state index contributed by atoms with van der Waals surface area (Å²) in [5.74, 6) is 0.941. The first-order valence-corrected chi connectivity index (χ1v) is 9.45. The number of carbonyl (C=O) groups is 1. The van der Waals surface area contributed by atoms with Crippen molar-refractivity contribution in [2.75, 3.05) is 13.2 Å². The molecule has 4 rings (SSSR count). The van der Waals surface area contributed by atoms with Crippen molar-refractivity contribution in [1.29, 1.82) is 0 Å². The van der Waals surface area contributed by atoms with Crippen LogP contribution < -0.4 is 10.1 Å². The number of hydrogen-bond acceptors (Lipinski definition) is 4. The zero-order chi connectivity index (χ0) is 19.8. The second-order valence-electron chi connectivity index (χ2n) is 7.35. The van der Waals surface area contributed by atoms with Crippen molar-refractivity contribution in [2.24, 2.45) is 13.0 Å². The Morgan fingerprint density at radius 2 is 2.21 bits per heavy atom. The van der Waals surface area contributed by atoms with Gasteiger partial charge < -0.3 is 10.1 Å². The first-order valence-electron chi connectivity index (χ1n) is 9.45. The number of hydrogen-bond donors (Lipinski definition) is 1. The summed E-state index contributed by atoms with van der Waals surface area (Å²) in [6.45, 7) is 4.40. The Morgan fingerprint density at radius 3 is 2.93 bits per heavy atom. The number of nitrogens with one attached hydrogen (secondary N) is 1. The molecule has 0 bridgehead atoms. The summed E-state index contributed by atoms with van der Waals surface area (Å²) in [6.07, 6.45) is 3.90. The lowest BCUT2D eigenvalue weighted by Gasteiger charge is -2.20. The average molecular weight is 385 g/mol. The highest BCUT2D eigenvalue weighted by molar-refractivity contribution is 5.92. The van der Waals surface area contributed by atoms with Crippen molar-refractivity contribution in [2.45, 2.75) is 32.9 Å². The molecule has 0 spiro atoms. The summed E-state index contributed by atoms with van der Waals surface area (Å²) in [5.41, 5.74) is 3.64. The molecular weight excluding hydrogens is 361 g/mol. The third kappa shape index (κ3) is 3.34. The van der Waals surface area contributed by atoms with Gasteiger partial charge in [-0.25, -0.2) is 4.39 Å². The average Bonchev–Trinajstić information content (AvgIpc) is 3.36. The first-order chi connectivity index (χ1) is 13.5. The van der Waals surface area contributed by atoms with Gasteiger partial charge in [0.25, 0.3) is 0 Å². The molecule has 1 unspecified atom stereocenters. The predicted molar refractivity (Wildman–Crippen MR) is 104 cm³/mol. The van der Waals surface area contributed by atoms with Gasteiger partial charge in [-0.05, 0) is 31.5 Å². The summed E-state index contributed by atoms with van der Waals surface area (Å²) in [6, 6.07) is 3.98. The maximum Gasteiger partial charge on any atom is 0.220 e. The van der Waals surface area contributed by atoms with Gasteiger partial charge in [-0.3, -0.25) is 14.2 Å². The lowest BCUT2D eigenvalue weighted by atomic mass is 10.0. The molecule has 1 saturated heterocycles. The Balaban J connectivity index is 1.73. The standard InChI is InChI=1S/C20H24FN5O2/c1-12-20-17(24-25(12)3)6-14(16-10-23-26(11-16)5-4-21)7-18(20)28-13(2)15-8-19(27)22-9-15/h6-7,10-11,13,15H,4-5,8-9H2,1-3H3,(H,22,27)/t13?,15-/m1/s1. The molecule has 0 aliphatic carbocycles. The van der Waals surface area contributed by atoms with Gasteiger partial charge in [-0.15, -0.1) is 0 Å². The van der Waals surface area contributed by atoms with E-state index in [2.05, 4.69) is 15.5 Å². The molecule has 1 N–H and O–H groups in total. The SMILES string of the molecule is Cc1c2c(OC(C)[C@H]3CNC(=O)C3)cc(-c3cnn(CCF)c3)cc2nn1C. The van der Waals surface area contributed by atoms with Gasteiger partial charge in [-0.2, -0.15) is 10.2 Å². The smallest absolute Gasteiger partial charge is 0.220 e. The molecule has 1 aliphatic heterocycles. The van der Waals surface area contributed by atoms with E-state index in [1.165, 1.54) is 0 Å². The number of aryl methyl sites for hydroxylation is 3. The number of fused-ring (bicyclic) bond motifs is 1. The number of ether oxygens (including phenoxy) is 1. The molecule has 1 fully saturated rings. The number of aromatic nitrogens is 4. The third-order valence-corrected chi connectivity index (χ3v) is 5.45. The molecule has 0 saturated carbocycles. The zero-order valence-electron chi connectivity index (χ0n) is 16.3. The number of nitrogens with zero attached hydrogens (tertiary/aromatic N) is 4. The van der Waals surface area contributed by atoms with E-state index in [9.17, 15) is 9.18 Å². The number of alkyl halides is 1. The van der Waals surface area contributed by atoms with Gasteiger partial charge in [0, 0.05) is 43.4 Å². The maximum atomic E-state index is 12.6. The number of benzene rings is 1. The topological polar surface area (TPSA) is 74.0 Å². The number of amides is 1. The maximum absolute atomic E-state index is 12.6. The van der Waals surface area contributed by atoms with E-state index < -0.39 is 6.67 Å². The predicted octanol–water partition coefficient (Wildman–Crippen LogP) is 2.62. The summed E-state index contributed by atoms with van der Waals surface area (Å²) in [7, 11) is 1.90. The minimum absolute atomic E-state index is 0.0668. The summed E-state index contributed by atoms with van der Waals surface area (Å²) >= 11 is 0. The van der Waals surface area contributed by atoms with E-state index in [0.29, 0.717) is 13.0 Å². The normalized spacial score (nSPS) is 17.9. The van der Waals surface area contributed by atoms with E-state index >= 15 is 0 Å². The molecule has 3 heterocycles. The lowest BCUT2D eigenvalue weighted by Crippen LogP contribution is -2.25. The van der Waals surface area contributed by atoms with Crippen LogP contribution in [0.15, 0.2) is 24.5 Å². The molecule has 28 heavy (non-hydrogen) atoms. The van der Waals surface area contributed by atoms with Crippen LogP contribution in [0.2, 0.25) is 0 Å². The Morgan fingerprint density at radius 1 is 1.39 bits per heavy atom. The largest absolute Gasteiger partial charge is 0.490 e. The van der Waals surface area contributed by atoms with E-state index in [4.69, 9.17) is 4.74 Å². The van der Waals surface area contributed by atoms with Gasteiger partial charge in [-0.1, -0.05) is 0 Å². The highest BCUT2D eigenvalue weighted by atomic mass is 19.1. The van der Waals surface area contributed by atoms with Crippen molar-refractivity contribution in [3.63, 3.8) is 0 Å². The molecule has 2 atom stereocenters. The van der Waals surface area contributed by atoms with Crippen LogP contribution in [0, 0.1) is 12.8 Å². The van der Waals surface area contributed by atoms with Crippen LogP contribution in [0.1, 0.15) is 19.0 Å². The molecule has 0 radical (unpaired) electrons. The van der Waals surface area contributed by atoms with Crippen LogP contribution in [0.25, 0.3) is 22.0 Å². The fourth-order valence-corrected chi connectivity index (χ4v) is 3.68. The van der Waals surface area contributed by atoms with Crippen LogP contribution in [0.5, 0.6) is 5.75 Å². The highest BCUT2D eigenvalue weighted by Gasteiger charge is 2.28. The first kappa shape index (κ1) is 18.5. The molecule has 1 aromatic carbocycles. The fourth-order valence-electron chi connectivity index (χ4n) is 3.68. The van der Waals surface area contributed by atoms with Crippen LogP contribution in [0.3, 0.4) is 0 Å². The second-order valence-corrected chi connectivity index (χ2v) is 7.35. The van der Waals surface area contributed by atoms with Crippen LogP contribution in [-0.4, -0.2) is 44.8 Å². The minimum Gasteiger partial charge on any atom is -0.490 e. The van der Waals surface area contributed by atoms with Crippen LogP contribution in [0.4, 0.5) is 4.39 Å². The zero-order valence-corrected chi connectivity index (χ0v) is 16.3. The van der Waals surface area contributed by atoms with Crippen LogP contribution >= 0.6 is 0 Å². The highest BCUT2D eigenvalue weighted by Crippen LogP contribution is 2.35. The Bertz CT molecular complexity index is 1030. The summed E-state index contributed by atoms with van der Waals surface area (Å²) < 4.78 is 22.4. The van der Waals surface area contributed by atoms with Gasteiger partial charge in [0.1, 0.15) is 18.5 Å². The molecule has 8 heteroatoms. The van der Waals surface area contributed by atoms with Crippen LogP contribution in [-0.2, 0) is 18.4 Å². The Hall–Kier alpha value is -2.90. The Kier molecular flexibility index (Phi) is 4.78. The van der Waals surface area contributed by atoms with Gasteiger partial charge in [0.15, 0.2) is 0 Å². The van der Waals surface area contributed by atoms with E-state index in [1.807, 2.05) is 43.9 Å². The van der Waals surface area contributed by atoms with E-state index in [0.717, 1.165) is 33.5 Å². The molecule has 7 nitrogen and oxygen atoms in total. The quantitative estimate of drug-likeness (QED) is 0.708. The van der Waals surface area contributed by atoms with Gasteiger partial charge in [0.2, 0.25) is 5.91 Å². The molecule has 148 valence electrons. The molecule has 1 aliphatic rings. The number of rotatable bonds is 6. The second kappa shape index (κ2) is 7.26. The monoisotopic (exact) mass is 385 g/mol. The summed E-state index contributed by atoms with van der Waals surface area (Å²) in [5, 5.41) is 12.6. The molecule has 2 aromatic heterocycles. The van der Waals surface area contributed by atoms with Gasteiger partial charge in [0.05, 0.1) is 23.6 Å². The van der Waals surface area contributed by atoms with Crippen molar-refractivity contribution in [1.82, 2.24) is 24.9 Å². The molecule has 3 aromatic rings. The van der Waals surface area contributed by atoms with Gasteiger partial charge >= 0.3 is 0 Å². The van der Waals surface area contributed by atoms with Crippen molar-refractivity contribution in [3.8, 4) is 16.9 Å². The summed E-state index contributed by atoms with van der Waals surface area (Å²) in [4.78, 5) is 11.6. The molecule has 1 amide bonds. The van der Waals surface area contributed by atoms with E-state index in [-0.39, 0.29) is 24.5 Å². The number of carbonyl (C=O) groups excluding carboxylic acids is 1.